The first kappa shape index (κ1) is 17.0. The van der Waals surface area contributed by atoms with Gasteiger partial charge in [0.1, 0.15) is 0 Å². The van der Waals surface area contributed by atoms with Crippen LogP contribution in [0.2, 0.25) is 0 Å². The topological polar surface area (TPSA) is 57.6 Å². The van der Waals surface area contributed by atoms with E-state index in [4.69, 9.17) is 0 Å². The average Bonchev–Trinajstić information content (AvgIpc) is 2.99. The maximum atomic E-state index is 12.9. The molecule has 2 fully saturated rings. The van der Waals surface area contributed by atoms with Gasteiger partial charge < -0.3 is 10.0 Å². The fourth-order valence-electron chi connectivity index (χ4n) is 4.79. The predicted octanol–water partition coefficient (Wildman–Crippen LogP) is 3.94. The van der Waals surface area contributed by atoms with Crippen molar-refractivity contribution in [2.45, 2.75) is 58.4 Å². The number of rotatable bonds is 4. The van der Waals surface area contributed by atoms with E-state index in [1.165, 1.54) is 0 Å². The lowest BCUT2D eigenvalue weighted by molar-refractivity contribution is -0.164. The average molecular weight is 329 g/mol. The Morgan fingerprint density at radius 3 is 2.42 bits per heavy atom. The maximum absolute atomic E-state index is 12.9. The molecule has 4 nitrogen and oxygen atoms in total. The summed E-state index contributed by atoms with van der Waals surface area (Å²) in [4.78, 5) is 27.0. The van der Waals surface area contributed by atoms with Crippen LogP contribution in [0.5, 0.6) is 0 Å². The minimum Gasteiger partial charge on any atom is -0.481 e. The molecule has 1 saturated heterocycles. The van der Waals surface area contributed by atoms with E-state index in [-0.39, 0.29) is 17.4 Å². The van der Waals surface area contributed by atoms with Gasteiger partial charge in [0.25, 0.3) is 0 Å². The highest BCUT2D eigenvalue weighted by Crippen LogP contribution is 2.56. The lowest BCUT2D eigenvalue weighted by Gasteiger charge is -2.49. The Labute approximate surface area is 143 Å². The molecule has 1 aliphatic heterocycles. The first-order valence-electron chi connectivity index (χ1n) is 9.07. The Kier molecular flexibility index (Phi) is 4.66. The van der Waals surface area contributed by atoms with Crippen molar-refractivity contribution in [3.05, 3.63) is 35.4 Å². The summed E-state index contributed by atoms with van der Waals surface area (Å²) in [5.41, 5.74) is 1.74. The van der Waals surface area contributed by atoms with Crippen LogP contribution in [0.25, 0.3) is 0 Å². The Morgan fingerprint density at radius 2 is 1.88 bits per heavy atom. The molecule has 24 heavy (non-hydrogen) atoms. The number of amides is 1. The quantitative estimate of drug-likeness (QED) is 0.910. The zero-order valence-corrected chi connectivity index (χ0v) is 14.6. The lowest BCUT2D eigenvalue weighted by atomic mass is 9.64. The number of carboxylic acids is 1. The van der Waals surface area contributed by atoms with Crippen molar-refractivity contribution >= 4 is 11.9 Å². The number of aliphatic carboxylic acids is 1. The fourth-order valence-corrected chi connectivity index (χ4v) is 4.79. The molecule has 1 aliphatic carbocycles. The standard InChI is InChI=1S/C20H27NO3/c1-3-12-21-16(22)13-20(10-4-5-11-20)17(19(23)24)18(21)15-8-6-14(2)7-9-15/h6-9,17-18H,3-5,10-13H2,1-2H3,(H,23,24)/t17-,18+/m1/s1. The van der Waals surface area contributed by atoms with Gasteiger partial charge in [-0.05, 0) is 37.2 Å². The fraction of sp³-hybridized carbons (Fsp3) is 0.600. The predicted molar refractivity (Wildman–Crippen MR) is 92.6 cm³/mol. The number of benzene rings is 1. The number of likely N-dealkylation sites (tertiary alicyclic amines) is 1. The third kappa shape index (κ3) is 2.83. The van der Waals surface area contributed by atoms with Crippen molar-refractivity contribution < 1.29 is 14.7 Å². The highest BCUT2D eigenvalue weighted by molar-refractivity contribution is 5.83. The van der Waals surface area contributed by atoms with Gasteiger partial charge in [0, 0.05) is 13.0 Å². The van der Waals surface area contributed by atoms with Crippen LogP contribution in [-0.2, 0) is 9.59 Å². The second-order valence-electron chi connectivity index (χ2n) is 7.50. The summed E-state index contributed by atoms with van der Waals surface area (Å²) >= 11 is 0. The van der Waals surface area contributed by atoms with Crippen molar-refractivity contribution in [3.63, 3.8) is 0 Å². The molecule has 2 atom stereocenters. The second-order valence-corrected chi connectivity index (χ2v) is 7.50. The van der Waals surface area contributed by atoms with Crippen LogP contribution in [0.15, 0.2) is 24.3 Å². The molecule has 1 N–H and O–H groups in total. The van der Waals surface area contributed by atoms with Gasteiger partial charge in [0.05, 0.1) is 12.0 Å². The van der Waals surface area contributed by atoms with Gasteiger partial charge in [-0.3, -0.25) is 9.59 Å². The number of carboxylic acid groups (broad SMARTS) is 1. The van der Waals surface area contributed by atoms with E-state index in [1.807, 2.05) is 43.0 Å². The number of hydrogen-bond acceptors (Lipinski definition) is 2. The number of carbonyl (C=O) groups is 2. The van der Waals surface area contributed by atoms with Gasteiger partial charge in [0.15, 0.2) is 0 Å². The number of piperidine rings is 1. The van der Waals surface area contributed by atoms with Crippen molar-refractivity contribution in [2.24, 2.45) is 11.3 Å². The summed E-state index contributed by atoms with van der Waals surface area (Å²) in [7, 11) is 0. The highest BCUT2D eigenvalue weighted by atomic mass is 16.4. The van der Waals surface area contributed by atoms with Crippen LogP contribution in [0.4, 0.5) is 0 Å². The molecular weight excluding hydrogens is 302 g/mol. The van der Waals surface area contributed by atoms with Gasteiger partial charge in [-0.2, -0.15) is 0 Å². The summed E-state index contributed by atoms with van der Waals surface area (Å²) in [5.74, 6) is -1.13. The van der Waals surface area contributed by atoms with E-state index in [9.17, 15) is 14.7 Å². The molecule has 0 radical (unpaired) electrons. The molecule has 1 aromatic carbocycles. The van der Waals surface area contributed by atoms with Crippen molar-refractivity contribution in [2.75, 3.05) is 6.54 Å². The molecule has 0 aromatic heterocycles. The van der Waals surface area contributed by atoms with Crippen molar-refractivity contribution in [1.82, 2.24) is 4.90 Å². The van der Waals surface area contributed by atoms with E-state index in [0.29, 0.717) is 13.0 Å². The molecule has 1 saturated carbocycles. The summed E-state index contributed by atoms with van der Waals surface area (Å²) in [6.45, 7) is 4.68. The van der Waals surface area contributed by atoms with Crippen LogP contribution in [0.3, 0.4) is 0 Å². The SMILES string of the molecule is CCCN1C(=O)CC2(CCCC2)[C@@H](C(=O)O)[C@@H]1c1ccc(C)cc1. The first-order valence-corrected chi connectivity index (χ1v) is 9.07. The maximum Gasteiger partial charge on any atom is 0.309 e. The Balaban J connectivity index is 2.09. The molecule has 1 heterocycles. The van der Waals surface area contributed by atoms with Crippen LogP contribution in [0.1, 0.15) is 62.6 Å². The van der Waals surface area contributed by atoms with E-state index in [0.717, 1.165) is 43.2 Å². The molecule has 0 bridgehead atoms. The number of aryl methyl sites for hydroxylation is 1. The van der Waals surface area contributed by atoms with Crippen molar-refractivity contribution in [3.8, 4) is 0 Å². The number of carbonyl (C=O) groups excluding carboxylic acids is 1. The van der Waals surface area contributed by atoms with Crippen molar-refractivity contribution in [1.29, 1.82) is 0 Å². The van der Waals surface area contributed by atoms with E-state index < -0.39 is 11.9 Å². The lowest BCUT2D eigenvalue weighted by Crippen LogP contribution is -2.54. The molecular formula is C20H27NO3. The third-order valence-corrected chi connectivity index (χ3v) is 5.88. The first-order chi connectivity index (χ1) is 11.5. The summed E-state index contributed by atoms with van der Waals surface area (Å²) in [5, 5.41) is 10.1. The molecule has 1 spiro atoms. The Morgan fingerprint density at radius 1 is 1.25 bits per heavy atom. The van der Waals surface area contributed by atoms with E-state index in [2.05, 4.69) is 0 Å². The molecule has 4 heteroatoms. The number of nitrogens with zero attached hydrogens (tertiary/aromatic N) is 1. The second kappa shape index (κ2) is 6.58. The largest absolute Gasteiger partial charge is 0.481 e. The molecule has 1 aromatic rings. The highest BCUT2D eigenvalue weighted by Gasteiger charge is 2.56. The van der Waals surface area contributed by atoms with Crippen LogP contribution in [-0.4, -0.2) is 28.4 Å². The minimum atomic E-state index is -0.754. The summed E-state index contributed by atoms with van der Waals surface area (Å²) in [6, 6.07) is 7.68. The molecule has 1 amide bonds. The third-order valence-electron chi connectivity index (χ3n) is 5.88. The molecule has 3 rings (SSSR count). The molecule has 0 unspecified atom stereocenters. The minimum absolute atomic E-state index is 0.127. The van der Waals surface area contributed by atoms with Gasteiger partial charge in [-0.15, -0.1) is 0 Å². The normalized spacial score (nSPS) is 26.1. The van der Waals surface area contributed by atoms with E-state index >= 15 is 0 Å². The summed E-state index contributed by atoms with van der Waals surface area (Å²) in [6.07, 6.45) is 5.02. The summed E-state index contributed by atoms with van der Waals surface area (Å²) < 4.78 is 0. The zero-order valence-electron chi connectivity index (χ0n) is 14.6. The van der Waals surface area contributed by atoms with Gasteiger partial charge in [-0.25, -0.2) is 0 Å². The van der Waals surface area contributed by atoms with E-state index in [1.54, 1.807) is 0 Å². The number of hydrogen-bond donors (Lipinski definition) is 1. The van der Waals surface area contributed by atoms with Crippen LogP contribution < -0.4 is 0 Å². The molecule has 130 valence electrons. The Bertz CT molecular complexity index is 616. The molecule has 2 aliphatic rings. The zero-order chi connectivity index (χ0) is 17.3. The van der Waals surface area contributed by atoms with Gasteiger partial charge in [0.2, 0.25) is 5.91 Å². The van der Waals surface area contributed by atoms with Gasteiger partial charge in [-0.1, -0.05) is 49.6 Å². The van der Waals surface area contributed by atoms with Gasteiger partial charge >= 0.3 is 5.97 Å². The van der Waals surface area contributed by atoms with Crippen LogP contribution in [0, 0.1) is 18.3 Å². The monoisotopic (exact) mass is 329 g/mol. The smallest absolute Gasteiger partial charge is 0.309 e. The van der Waals surface area contributed by atoms with Crippen LogP contribution >= 0.6 is 0 Å². The Hall–Kier alpha value is -1.84.